The van der Waals surface area contributed by atoms with Crippen molar-refractivity contribution in [3.63, 3.8) is 0 Å². The first kappa shape index (κ1) is 27.3. The molecule has 0 aliphatic heterocycles. The summed E-state index contributed by atoms with van der Waals surface area (Å²) in [5.74, 6) is -0.540. The lowest BCUT2D eigenvalue weighted by atomic mass is 10.1. The van der Waals surface area contributed by atoms with E-state index in [0.29, 0.717) is 23.3 Å². The topological polar surface area (TPSA) is 123 Å². The Hall–Kier alpha value is -4.32. The van der Waals surface area contributed by atoms with Crippen molar-refractivity contribution in [2.75, 3.05) is 12.0 Å². The van der Waals surface area contributed by atoms with Crippen LogP contribution >= 0.6 is 11.6 Å². The van der Waals surface area contributed by atoms with Crippen LogP contribution in [0.5, 0.6) is 11.5 Å². The van der Waals surface area contributed by atoms with Crippen LogP contribution in [0.25, 0.3) is 0 Å². The highest BCUT2D eigenvalue weighted by molar-refractivity contribution is 6.32. The number of alkyl halides is 3. The van der Waals surface area contributed by atoms with E-state index in [4.69, 9.17) is 26.2 Å². The molecule has 0 radical (unpaired) electrons. The molecular weight excluding hydrogens is 519 g/mol. The number of hydrazone groups is 1. The van der Waals surface area contributed by atoms with Crippen LogP contribution in [-0.4, -0.2) is 28.8 Å². The molecule has 37 heavy (non-hydrogen) atoms. The second-order valence-corrected chi connectivity index (χ2v) is 7.82. The Bertz CT molecular complexity index is 1330. The Morgan fingerprint density at radius 1 is 1.16 bits per heavy atom. The molecule has 0 aliphatic rings. The van der Waals surface area contributed by atoms with E-state index in [2.05, 4.69) is 10.5 Å². The molecule has 0 saturated carbocycles. The lowest BCUT2D eigenvalue weighted by Crippen LogP contribution is -2.06. The third-order valence-corrected chi connectivity index (χ3v) is 5.12. The summed E-state index contributed by atoms with van der Waals surface area (Å²) >= 11 is 6.37. The van der Waals surface area contributed by atoms with E-state index in [-0.39, 0.29) is 41.0 Å². The van der Waals surface area contributed by atoms with Crippen LogP contribution in [-0.2, 0) is 12.8 Å². The number of benzene rings is 3. The summed E-state index contributed by atoms with van der Waals surface area (Å²) < 4.78 is 50.0. The quantitative estimate of drug-likeness (QED) is 0.174. The van der Waals surface area contributed by atoms with Gasteiger partial charge < -0.3 is 14.6 Å². The zero-order chi connectivity index (χ0) is 27.2. The molecule has 0 spiro atoms. The average molecular weight is 538 g/mol. The first-order chi connectivity index (χ1) is 17.5. The molecule has 3 aromatic rings. The fourth-order valence-corrected chi connectivity index (χ4v) is 3.37. The monoisotopic (exact) mass is 537 g/mol. The number of rotatable bonds is 10. The van der Waals surface area contributed by atoms with E-state index in [1.54, 1.807) is 25.1 Å². The van der Waals surface area contributed by atoms with E-state index < -0.39 is 28.3 Å². The molecule has 0 atom stereocenters. The molecule has 9 nitrogen and oxygen atoms in total. The molecular formula is C24H19ClF3N3O6. The number of hydrogen-bond donors (Lipinski definition) is 2. The zero-order valence-corrected chi connectivity index (χ0v) is 19.8. The van der Waals surface area contributed by atoms with E-state index in [0.717, 1.165) is 6.07 Å². The number of carboxylic acids is 1. The first-order valence-corrected chi connectivity index (χ1v) is 10.9. The largest absolute Gasteiger partial charge is 0.490 e. The number of nitro groups is 1. The summed E-state index contributed by atoms with van der Waals surface area (Å²) in [6.45, 7) is 2.09. The van der Waals surface area contributed by atoms with Gasteiger partial charge in [0, 0.05) is 6.07 Å². The molecule has 3 aromatic carbocycles. The van der Waals surface area contributed by atoms with Crippen LogP contribution in [0.4, 0.5) is 24.5 Å². The molecule has 2 N–H and O–H groups in total. The summed E-state index contributed by atoms with van der Waals surface area (Å²) in [5.41, 5.74) is 1.42. The summed E-state index contributed by atoms with van der Waals surface area (Å²) in [4.78, 5) is 21.3. The molecule has 0 saturated heterocycles. The van der Waals surface area contributed by atoms with Crippen molar-refractivity contribution in [3.05, 3.63) is 92.0 Å². The molecule has 13 heteroatoms. The van der Waals surface area contributed by atoms with E-state index in [9.17, 15) is 28.1 Å². The average Bonchev–Trinajstić information content (AvgIpc) is 2.83. The fourth-order valence-electron chi connectivity index (χ4n) is 3.09. The van der Waals surface area contributed by atoms with Crippen molar-refractivity contribution < 1.29 is 37.5 Å². The Morgan fingerprint density at radius 3 is 2.46 bits per heavy atom. The second-order valence-electron chi connectivity index (χ2n) is 7.41. The van der Waals surface area contributed by atoms with Crippen LogP contribution in [0.1, 0.15) is 34.0 Å². The number of anilines is 1. The number of nitrogens with one attached hydrogen (secondary N) is 1. The fraction of sp³-hybridized carbons (Fsp3) is 0.167. The predicted molar refractivity (Wildman–Crippen MR) is 130 cm³/mol. The highest BCUT2D eigenvalue weighted by Gasteiger charge is 2.33. The molecule has 0 amide bonds. The highest BCUT2D eigenvalue weighted by Crippen LogP contribution is 2.37. The molecule has 0 unspecified atom stereocenters. The van der Waals surface area contributed by atoms with Crippen molar-refractivity contribution in [2.45, 2.75) is 19.7 Å². The summed E-state index contributed by atoms with van der Waals surface area (Å²) in [5, 5.41) is 24.2. The van der Waals surface area contributed by atoms with Crippen LogP contribution in [0.2, 0.25) is 5.02 Å². The van der Waals surface area contributed by atoms with Gasteiger partial charge >= 0.3 is 12.1 Å². The lowest BCUT2D eigenvalue weighted by molar-refractivity contribution is -0.384. The van der Waals surface area contributed by atoms with Crippen molar-refractivity contribution in [3.8, 4) is 11.5 Å². The van der Waals surface area contributed by atoms with Crippen molar-refractivity contribution >= 4 is 35.2 Å². The number of aromatic carboxylic acids is 1. The Labute approximate surface area is 213 Å². The maximum atomic E-state index is 12.9. The Morgan fingerprint density at radius 2 is 1.86 bits per heavy atom. The van der Waals surface area contributed by atoms with Gasteiger partial charge in [0.2, 0.25) is 0 Å². The number of hydrogen-bond acceptors (Lipinski definition) is 7. The summed E-state index contributed by atoms with van der Waals surface area (Å²) in [6, 6.07) is 11.2. The third kappa shape index (κ3) is 7.10. The minimum atomic E-state index is -4.73. The predicted octanol–water partition coefficient (Wildman–Crippen LogP) is 6.39. The number of carboxylic acid groups (broad SMARTS) is 1. The Kier molecular flexibility index (Phi) is 8.56. The van der Waals surface area contributed by atoms with Gasteiger partial charge in [0.25, 0.3) is 5.69 Å². The van der Waals surface area contributed by atoms with E-state index in [1.807, 2.05) is 0 Å². The first-order valence-electron chi connectivity index (χ1n) is 10.6. The summed E-state index contributed by atoms with van der Waals surface area (Å²) in [7, 11) is 0. The van der Waals surface area contributed by atoms with Crippen LogP contribution in [0.3, 0.4) is 0 Å². The second kappa shape index (κ2) is 11.6. The van der Waals surface area contributed by atoms with Gasteiger partial charge in [0.05, 0.1) is 33.9 Å². The lowest BCUT2D eigenvalue weighted by Gasteiger charge is -2.14. The van der Waals surface area contributed by atoms with E-state index >= 15 is 0 Å². The van der Waals surface area contributed by atoms with Gasteiger partial charge in [-0.3, -0.25) is 15.5 Å². The minimum absolute atomic E-state index is 0.0757. The highest BCUT2D eigenvalue weighted by atomic mass is 35.5. The normalized spacial score (nSPS) is 11.4. The smallest absolute Gasteiger partial charge is 0.416 e. The molecule has 0 aliphatic carbocycles. The number of ether oxygens (including phenoxy) is 2. The van der Waals surface area contributed by atoms with Gasteiger partial charge in [-0.1, -0.05) is 23.7 Å². The minimum Gasteiger partial charge on any atom is -0.490 e. The van der Waals surface area contributed by atoms with Crippen LogP contribution in [0.15, 0.2) is 59.7 Å². The zero-order valence-electron chi connectivity index (χ0n) is 19.1. The van der Waals surface area contributed by atoms with Gasteiger partial charge in [-0.25, -0.2) is 4.79 Å². The third-order valence-electron chi connectivity index (χ3n) is 4.84. The van der Waals surface area contributed by atoms with Gasteiger partial charge in [0.15, 0.2) is 11.5 Å². The Balaban J connectivity index is 1.78. The van der Waals surface area contributed by atoms with Crippen molar-refractivity contribution in [1.29, 1.82) is 0 Å². The van der Waals surface area contributed by atoms with Crippen molar-refractivity contribution in [2.24, 2.45) is 5.10 Å². The molecule has 0 aromatic heterocycles. The number of nitro benzene ring substituents is 1. The summed E-state index contributed by atoms with van der Waals surface area (Å²) in [6.07, 6.45) is -3.48. The molecule has 3 rings (SSSR count). The SMILES string of the molecule is CCOc1cc(/C=N\Nc2ccc(C(F)(F)F)cc2[N+](=O)[O-])cc(Cl)c1OCc1ccc(C(=O)O)cc1. The number of halogens is 4. The van der Waals surface area contributed by atoms with Crippen LogP contribution in [0, 0.1) is 10.1 Å². The van der Waals surface area contributed by atoms with Gasteiger partial charge in [-0.15, -0.1) is 0 Å². The molecule has 0 bridgehead atoms. The van der Waals surface area contributed by atoms with Crippen molar-refractivity contribution in [1.82, 2.24) is 0 Å². The number of nitrogens with zero attached hydrogens (tertiary/aromatic N) is 2. The number of carbonyl (C=O) groups is 1. The van der Waals surface area contributed by atoms with Crippen LogP contribution < -0.4 is 14.9 Å². The maximum Gasteiger partial charge on any atom is 0.416 e. The van der Waals surface area contributed by atoms with Gasteiger partial charge in [-0.2, -0.15) is 18.3 Å². The molecule has 0 heterocycles. The maximum absolute atomic E-state index is 12.9. The van der Waals surface area contributed by atoms with Gasteiger partial charge in [-0.05, 0) is 54.4 Å². The molecule has 0 fully saturated rings. The molecule has 194 valence electrons. The standard InChI is InChI=1S/C24H19ClF3N3O6/c1-2-36-21-10-15(9-18(25)22(21)37-13-14-3-5-16(6-4-14)23(32)33)12-29-30-19-8-7-17(24(26,27)28)11-20(19)31(34)35/h3-12,30H,2,13H2,1H3,(H,32,33)/b29-12-. The van der Waals surface area contributed by atoms with E-state index in [1.165, 1.54) is 24.4 Å². The van der Waals surface area contributed by atoms with Gasteiger partial charge in [0.1, 0.15) is 12.3 Å².